The molecule has 0 radical (unpaired) electrons. The van der Waals surface area contributed by atoms with E-state index in [0.717, 1.165) is 17.7 Å². The van der Waals surface area contributed by atoms with Crippen molar-refractivity contribution in [3.05, 3.63) is 74.4 Å². The van der Waals surface area contributed by atoms with Crippen LogP contribution in [0.1, 0.15) is 28.8 Å². The summed E-state index contributed by atoms with van der Waals surface area (Å²) in [5.41, 5.74) is 0.450. The number of carbonyl (C=O) groups excluding carboxylic acids is 3. The molecule has 2 aliphatic rings. The lowest BCUT2D eigenvalue weighted by Gasteiger charge is -2.13. The van der Waals surface area contributed by atoms with Gasteiger partial charge in [-0.15, -0.1) is 0 Å². The SMILES string of the molecule is O=C(NCCN1C(=O)S/C(=C\c2ccccc2F)C1=O)c1ccc(NC2CC2)c([N+](=O)[O-])c1. The number of nitro benzene ring substituents is 1. The fraction of sp³-hybridized carbons (Fsp3) is 0.227. The third-order valence-electron chi connectivity index (χ3n) is 5.08. The largest absolute Gasteiger partial charge is 0.377 e. The molecule has 0 spiro atoms. The van der Waals surface area contributed by atoms with Crippen LogP contribution in [0.3, 0.4) is 0 Å². The van der Waals surface area contributed by atoms with E-state index in [1.165, 1.54) is 42.5 Å². The van der Waals surface area contributed by atoms with Gasteiger partial charge in [-0.05, 0) is 48.9 Å². The molecule has 3 amide bonds. The molecule has 11 heteroatoms. The fourth-order valence-corrected chi connectivity index (χ4v) is 4.06. The van der Waals surface area contributed by atoms with Gasteiger partial charge in [0.05, 0.1) is 9.83 Å². The van der Waals surface area contributed by atoms with Crippen molar-refractivity contribution in [3.63, 3.8) is 0 Å². The van der Waals surface area contributed by atoms with Crippen LogP contribution in [0.25, 0.3) is 6.08 Å². The van der Waals surface area contributed by atoms with E-state index in [1.807, 2.05) is 0 Å². The molecule has 4 rings (SSSR count). The number of anilines is 1. The normalized spacial score (nSPS) is 16.9. The number of nitrogens with one attached hydrogen (secondary N) is 2. The molecule has 1 saturated carbocycles. The Morgan fingerprint density at radius 2 is 2.00 bits per heavy atom. The van der Waals surface area contributed by atoms with Crippen LogP contribution in [0.2, 0.25) is 0 Å². The first kappa shape index (κ1) is 22.5. The number of imide groups is 1. The van der Waals surface area contributed by atoms with Crippen molar-refractivity contribution in [1.82, 2.24) is 10.2 Å². The molecule has 9 nitrogen and oxygen atoms in total. The van der Waals surface area contributed by atoms with Crippen LogP contribution in [-0.4, -0.2) is 46.0 Å². The summed E-state index contributed by atoms with van der Waals surface area (Å²) in [4.78, 5) is 49.0. The standard InChI is InChI=1S/C22H19FN4O5S/c23-16-4-2-1-3-13(16)12-19-21(29)26(22(30)33-19)10-9-24-20(28)14-5-8-17(25-15-6-7-15)18(11-14)27(31)32/h1-5,8,11-12,15,25H,6-7,9-10H2,(H,24,28)/b19-12-. The van der Waals surface area contributed by atoms with Crippen LogP contribution < -0.4 is 10.6 Å². The number of amides is 3. The average molecular weight is 470 g/mol. The van der Waals surface area contributed by atoms with Gasteiger partial charge in [0.25, 0.3) is 22.7 Å². The molecule has 0 aromatic heterocycles. The van der Waals surface area contributed by atoms with Gasteiger partial charge < -0.3 is 10.6 Å². The molecule has 2 aromatic rings. The number of carbonyl (C=O) groups is 3. The maximum atomic E-state index is 13.8. The molecule has 2 aromatic carbocycles. The molecule has 170 valence electrons. The minimum atomic E-state index is -0.575. The van der Waals surface area contributed by atoms with Crippen LogP contribution in [0.4, 0.5) is 20.6 Å². The number of thioether (sulfide) groups is 1. The van der Waals surface area contributed by atoms with Gasteiger partial charge in [0, 0.05) is 36.3 Å². The molecule has 0 unspecified atom stereocenters. The lowest BCUT2D eigenvalue weighted by atomic mass is 10.1. The molecule has 0 atom stereocenters. The monoisotopic (exact) mass is 470 g/mol. The summed E-state index contributed by atoms with van der Waals surface area (Å²) in [6.07, 6.45) is 3.21. The predicted octanol–water partition coefficient (Wildman–Crippen LogP) is 3.77. The summed E-state index contributed by atoms with van der Waals surface area (Å²) in [5.74, 6) is -1.65. The second kappa shape index (κ2) is 9.41. The number of nitrogens with zero attached hydrogens (tertiary/aromatic N) is 2. The maximum absolute atomic E-state index is 13.8. The van der Waals surface area contributed by atoms with Crippen LogP contribution in [0.15, 0.2) is 47.4 Å². The Labute approximate surface area is 192 Å². The zero-order chi connectivity index (χ0) is 23.5. The summed E-state index contributed by atoms with van der Waals surface area (Å²) in [6.45, 7) is -0.131. The molecule has 33 heavy (non-hydrogen) atoms. The Hall–Kier alpha value is -3.73. The molecule has 1 heterocycles. The Balaban J connectivity index is 1.37. The Morgan fingerprint density at radius 1 is 1.24 bits per heavy atom. The molecule has 1 aliphatic carbocycles. The molecular weight excluding hydrogens is 451 g/mol. The van der Waals surface area contributed by atoms with Crippen molar-refractivity contribution >= 4 is 46.3 Å². The summed E-state index contributed by atoms with van der Waals surface area (Å²) >= 11 is 0.694. The minimum Gasteiger partial charge on any atom is -0.377 e. The van der Waals surface area contributed by atoms with E-state index in [2.05, 4.69) is 10.6 Å². The third kappa shape index (κ3) is 5.20. The van der Waals surface area contributed by atoms with Crippen LogP contribution in [0.5, 0.6) is 0 Å². The zero-order valence-electron chi connectivity index (χ0n) is 17.2. The minimum absolute atomic E-state index is 0.0419. The number of rotatable bonds is 8. The Bertz CT molecular complexity index is 1180. The molecule has 0 bridgehead atoms. The lowest BCUT2D eigenvalue weighted by Crippen LogP contribution is -2.37. The summed E-state index contributed by atoms with van der Waals surface area (Å²) < 4.78 is 13.8. The predicted molar refractivity (Wildman–Crippen MR) is 121 cm³/mol. The maximum Gasteiger partial charge on any atom is 0.293 e. The van der Waals surface area contributed by atoms with Crippen molar-refractivity contribution in [1.29, 1.82) is 0 Å². The first-order chi connectivity index (χ1) is 15.8. The third-order valence-corrected chi connectivity index (χ3v) is 5.99. The second-order valence-electron chi connectivity index (χ2n) is 7.52. The highest BCUT2D eigenvalue weighted by atomic mass is 32.2. The van der Waals surface area contributed by atoms with Gasteiger partial charge in [0.1, 0.15) is 11.5 Å². The van der Waals surface area contributed by atoms with Crippen molar-refractivity contribution in [2.75, 3.05) is 18.4 Å². The van der Waals surface area contributed by atoms with Crippen LogP contribution >= 0.6 is 11.8 Å². The number of hydrogen-bond acceptors (Lipinski definition) is 7. The summed E-state index contributed by atoms with van der Waals surface area (Å²) in [7, 11) is 0. The van der Waals surface area contributed by atoms with Crippen molar-refractivity contribution in [3.8, 4) is 0 Å². The Morgan fingerprint density at radius 3 is 2.70 bits per heavy atom. The highest BCUT2D eigenvalue weighted by Gasteiger charge is 2.35. The second-order valence-corrected chi connectivity index (χ2v) is 8.51. The summed E-state index contributed by atoms with van der Waals surface area (Å²) in [5, 5.41) is 16.5. The van der Waals surface area contributed by atoms with E-state index < -0.39 is 27.8 Å². The smallest absolute Gasteiger partial charge is 0.293 e. The van der Waals surface area contributed by atoms with Gasteiger partial charge in [-0.1, -0.05) is 18.2 Å². The molecule has 1 saturated heterocycles. The molecular formula is C22H19FN4O5S. The zero-order valence-corrected chi connectivity index (χ0v) is 18.1. The number of benzene rings is 2. The van der Waals surface area contributed by atoms with Crippen molar-refractivity contribution in [2.24, 2.45) is 0 Å². The van der Waals surface area contributed by atoms with E-state index in [1.54, 1.807) is 6.07 Å². The Kier molecular flexibility index (Phi) is 6.40. The lowest BCUT2D eigenvalue weighted by molar-refractivity contribution is -0.384. The van der Waals surface area contributed by atoms with Gasteiger partial charge in [0.2, 0.25) is 0 Å². The number of nitro groups is 1. The number of hydrogen-bond donors (Lipinski definition) is 2. The molecule has 2 fully saturated rings. The van der Waals surface area contributed by atoms with Gasteiger partial charge >= 0.3 is 0 Å². The van der Waals surface area contributed by atoms with Gasteiger partial charge in [-0.3, -0.25) is 29.4 Å². The fourth-order valence-electron chi connectivity index (χ4n) is 3.20. The molecule has 2 N–H and O–H groups in total. The van der Waals surface area contributed by atoms with Crippen LogP contribution in [-0.2, 0) is 4.79 Å². The first-order valence-corrected chi connectivity index (χ1v) is 11.0. The van der Waals surface area contributed by atoms with Crippen molar-refractivity contribution in [2.45, 2.75) is 18.9 Å². The quantitative estimate of drug-likeness (QED) is 0.342. The van der Waals surface area contributed by atoms with Crippen molar-refractivity contribution < 1.29 is 23.7 Å². The average Bonchev–Trinajstić information content (AvgIpc) is 3.56. The highest BCUT2D eigenvalue weighted by Crippen LogP contribution is 2.33. The highest BCUT2D eigenvalue weighted by molar-refractivity contribution is 8.18. The van der Waals surface area contributed by atoms with Gasteiger partial charge in [0.15, 0.2) is 0 Å². The first-order valence-electron chi connectivity index (χ1n) is 10.2. The molecule has 1 aliphatic heterocycles. The topological polar surface area (TPSA) is 122 Å². The van der Waals surface area contributed by atoms with E-state index in [4.69, 9.17) is 0 Å². The van der Waals surface area contributed by atoms with E-state index in [-0.39, 0.29) is 40.9 Å². The van der Waals surface area contributed by atoms with Crippen LogP contribution in [0, 0.1) is 15.9 Å². The van der Waals surface area contributed by atoms with E-state index in [0.29, 0.717) is 17.4 Å². The van der Waals surface area contributed by atoms with Gasteiger partial charge in [-0.25, -0.2) is 4.39 Å². The number of halogens is 1. The van der Waals surface area contributed by atoms with Gasteiger partial charge in [-0.2, -0.15) is 0 Å². The van der Waals surface area contributed by atoms with E-state index in [9.17, 15) is 28.9 Å². The van der Waals surface area contributed by atoms with E-state index >= 15 is 0 Å². The summed E-state index contributed by atoms with van der Waals surface area (Å²) in [6, 6.07) is 10.3.